The van der Waals surface area contributed by atoms with Crippen LogP contribution < -0.4 is 5.73 Å². The van der Waals surface area contributed by atoms with Crippen molar-refractivity contribution < 1.29 is 0 Å². The quantitative estimate of drug-likeness (QED) is 0.803. The minimum absolute atomic E-state index is 0.313. The molecule has 0 spiro atoms. The SMILES string of the molecule is CC(N)CCCC(C)c1nncn1C1CC1. The molecule has 0 aromatic carbocycles. The normalized spacial score (nSPS) is 19.7. The van der Waals surface area contributed by atoms with Gasteiger partial charge in [-0.1, -0.05) is 13.3 Å². The molecule has 16 heavy (non-hydrogen) atoms. The first-order valence-corrected chi connectivity index (χ1v) is 6.33. The average Bonchev–Trinajstić information content (AvgIpc) is 2.95. The van der Waals surface area contributed by atoms with Gasteiger partial charge in [-0.15, -0.1) is 10.2 Å². The van der Waals surface area contributed by atoms with Gasteiger partial charge in [-0.3, -0.25) is 0 Å². The minimum atomic E-state index is 0.313. The second kappa shape index (κ2) is 4.95. The molecule has 4 heteroatoms. The highest BCUT2D eigenvalue weighted by Gasteiger charge is 2.27. The zero-order chi connectivity index (χ0) is 11.5. The molecule has 90 valence electrons. The molecule has 1 heterocycles. The van der Waals surface area contributed by atoms with E-state index in [9.17, 15) is 0 Å². The van der Waals surface area contributed by atoms with Gasteiger partial charge in [-0.05, 0) is 32.6 Å². The van der Waals surface area contributed by atoms with Crippen LogP contribution in [0.2, 0.25) is 0 Å². The van der Waals surface area contributed by atoms with Crippen molar-refractivity contribution in [2.75, 3.05) is 0 Å². The molecule has 2 N–H and O–H groups in total. The van der Waals surface area contributed by atoms with Crippen molar-refractivity contribution >= 4 is 0 Å². The number of aromatic nitrogens is 3. The summed E-state index contributed by atoms with van der Waals surface area (Å²) in [6.45, 7) is 4.31. The number of hydrogen-bond donors (Lipinski definition) is 1. The molecule has 1 aliphatic carbocycles. The highest BCUT2D eigenvalue weighted by molar-refractivity contribution is 5.00. The highest BCUT2D eigenvalue weighted by atomic mass is 15.3. The molecule has 1 saturated carbocycles. The molecule has 1 fully saturated rings. The van der Waals surface area contributed by atoms with Gasteiger partial charge < -0.3 is 10.3 Å². The maximum Gasteiger partial charge on any atom is 0.135 e. The predicted molar refractivity (Wildman–Crippen MR) is 64.2 cm³/mol. The van der Waals surface area contributed by atoms with Gasteiger partial charge in [0.2, 0.25) is 0 Å². The standard InChI is InChI=1S/C12H22N4/c1-9(4-3-5-10(2)13)12-15-14-8-16(12)11-6-7-11/h8-11H,3-7,13H2,1-2H3. The summed E-state index contributed by atoms with van der Waals surface area (Å²) in [6.07, 6.45) is 7.90. The van der Waals surface area contributed by atoms with E-state index in [-0.39, 0.29) is 0 Å². The Morgan fingerprint density at radius 1 is 1.44 bits per heavy atom. The Morgan fingerprint density at radius 2 is 2.19 bits per heavy atom. The van der Waals surface area contributed by atoms with Crippen molar-refractivity contribution in [1.29, 1.82) is 0 Å². The Hall–Kier alpha value is -0.900. The van der Waals surface area contributed by atoms with Gasteiger partial charge in [-0.2, -0.15) is 0 Å². The molecule has 0 radical (unpaired) electrons. The van der Waals surface area contributed by atoms with E-state index in [2.05, 4.69) is 28.6 Å². The van der Waals surface area contributed by atoms with Crippen LogP contribution in [0.4, 0.5) is 0 Å². The molecular formula is C12H22N4. The third-order valence-electron chi connectivity index (χ3n) is 3.28. The summed E-state index contributed by atoms with van der Waals surface area (Å²) in [5.41, 5.74) is 5.75. The Balaban J connectivity index is 1.87. The lowest BCUT2D eigenvalue weighted by atomic mass is 10.0. The lowest BCUT2D eigenvalue weighted by Gasteiger charge is -2.13. The van der Waals surface area contributed by atoms with Crippen LogP contribution >= 0.6 is 0 Å². The molecule has 0 saturated heterocycles. The van der Waals surface area contributed by atoms with Gasteiger partial charge in [-0.25, -0.2) is 0 Å². The Bertz CT molecular complexity index is 328. The first-order valence-electron chi connectivity index (χ1n) is 6.33. The van der Waals surface area contributed by atoms with E-state index in [1.54, 1.807) is 0 Å². The molecule has 0 aliphatic heterocycles. The van der Waals surface area contributed by atoms with Crippen molar-refractivity contribution in [2.45, 2.75) is 64.0 Å². The van der Waals surface area contributed by atoms with Crippen LogP contribution in [0.15, 0.2) is 6.33 Å². The van der Waals surface area contributed by atoms with Crippen molar-refractivity contribution in [3.8, 4) is 0 Å². The van der Waals surface area contributed by atoms with E-state index in [1.807, 2.05) is 6.33 Å². The second-order valence-corrected chi connectivity index (χ2v) is 5.14. The Labute approximate surface area is 97.2 Å². The van der Waals surface area contributed by atoms with Crippen LogP contribution in [-0.4, -0.2) is 20.8 Å². The largest absolute Gasteiger partial charge is 0.328 e. The van der Waals surface area contributed by atoms with Crippen LogP contribution in [0.3, 0.4) is 0 Å². The average molecular weight is 222 g/mol. The third-order valence-corrected chi connectivity index (χ3v) is 3.28. The Kier molecular flexibility index (Phi) is 3.59. The maximum atomic E-state index is 5.75. The summed E-state index contributed by atoms with van der Waals surface area (Å²) in [4.78, 5) is 0. The monoisotopic (exact) mass is 222 g/mol. The zero-order valence-electron chi connectivity index (χ0n) is 10.3. The Morgan fingerprint density at radius 3 is 2.81 bits per heavy atom. The molecule has 0 amide bonds. The first-order chi connectivity index (χ1) is 7.68. The molecule has 1 aromatic rings. The summed E-state index contributed by atoms with van der Waals surface area (Å²) in [7, 11) is 0. The van der Waals surface area contributed by atoms with Gasteiger partial charge in [0.15, 0.2) is 0 Å². The zero-order valence-corrected chi connectivity index (χ0v) is 10.3. The van der Waals surface area contributed by atoms with Crippen LogP contribution in [0.25, 0.3) is 0 Å². The molecule has 1 aromatic heterocycles. The second-order valence-electron chi connectivity index (χ2n) is 5.14. The fourth-order valence-electron chi connectivity index (χ4n) is 2.11. The van der Waals surface area contributed by atoms with Crippen molar-refractivity contribution in [2.24, 2.45) is 5.73 Å². The fourth-order valence-corrected chi connectivity index (χ4v) is 2.11. The van der Waals surface area contributed by atoms with E-state index < -0.39 is 0 Å². The van der Waals surface area contributed by atoms with Gasteiger partial charge in [0.25, 0.3) is 0 Å². The predicted octanol–water partition coefficient (Wildman–Crippen LogP) is 2.23. The molecule has 2 atom stereocenters. The minimum Gasteiger partial charge on any atom is -0.328 e. The summed E-state index contributed by atoms with van der Waals surface area (Å²) >= 11 is 0. The molecule has 0 bridgehead atoms. The van der Waals surface area contributed by atoms with E-state index in [0.717, 1.165) is 18.7 Å². The van der Waals surface area contributed by atoms with E-state index in [0.29, 0.717) is 18.0 Å². The molecule has 2 rings (SSSR count). The topological polar surface area (TPSA) is 56.7 Å². The number of hydrogen-bond acceptors (Lipinski definition) is 3. The van der Waals surface area contributed by atoms with Crippen molar-refractivity contribution in [3.05, 3.63) is 12.2 Å². The third kappa shape index (κ3) is 2.82. The molecular weight excluding hydrogens is 200 g/mol. The fraction of sp³-hybridized carbons (Fsp3) is 0.833. The van der Waals surface area contributed by atoms with Gasteiger partial charge >= 0.3 is 0 Å². The van der Waals surface area contributed by atoms with Crippen LogP contribution in [-0.2, 0) is 0 Å². The number of rotatable bonds is 6. The van der Waals surface area contributed by atoms with Crippen LogP contribution in [0.5, 0.6) is 0 Å². The summed E-state index contributed by atoms with van der Waals surface area (Å²) < 4.78 is 2.26. The molecule has 1 aliphatic rings. The van der Waals surface area contributed by atoms with Gasteiger partial charge in [0.1, 0.15) is 12.2 Å². The van der Waals surface area contributed by atoms with Crippen molar-refractivity contribution in [3.63, 3.8) is 0 Å². The van der Waals surface area contributed by atoms with E-state index >= 15 is 0 Å². The first kappa shape index (κ1) is 11.6. The summed E-state index contributed by atoms with van der Waals surface area (Å²) in [5.74, 6) is 1.66. The lowest BCUT2D eigenvalue weighted by molar-refractivity contribution is 0.522. The van der Waals surface area contributed by atoms with Crippen molar-refractivity contribution in [1.82, 2.24) is 14.8 Å². The molecule has 2 unspecified atom stereocenters. The van der Waals surface area contributed by atoms with E-state index in [4.69, 9.17) is 5.73 Å². The maximum absolute atomic E-state index is 5.75. The van der Waals surface area contributed by atoms with Gasteiger partial charge in [0, 0.05) is 18.0 Å². The number of nitrogens with zero attached hydrogens (tertiary/aromatic N) is 3. The van der Waals surface area contributed by atoms with Gasteiger partial charge in [0.05, 0.1) is 0 Å². The lowest BCUT2D eigenvalue weighted by Crippen LogP contribution is -2.14. The van der Waals surface area contributed by atoms with E-state index in [1.165, 1.54) is 19.3 Å². The summed E-state index contributed by atoms with van der Waals surface area (Å²) in [6, 6.07) is 0.995. The smallest absolute Gasteiger partial charge is 0.135 e. The van der Waals surface area contributed by atoms with Crippen LogP contribution in [0, 0.1) is 0 Å². The number of nitrogens with two attached hydrogens (primary N) is 1. The summed E-state index contributed by atoms with van der Waals surface area (Å²) in [5, 5.41) is 8.29. The highest BCUT2D eigenvalue weighted by Crippen LogP contribution is 2.37. The molecule has 4 nitrogen and oxygen atoms in total. The van der Waals surface area contributed by atoms with Crippen LogP contribution in [0.1, 0.15) is 63.7 Å².